The highest BCUT2D eigenvalue weighted by molar-refractivity contribution is 5.74. The topological polar surface area (TPSA) is 55.8 Å². The van der Waals surface area contributed by atoms with Crippen molar-refractivity contribution in [3.05, 3.63) is 12.2 Å². The SMILES string of the molecule is COC(C)OC(=O)C1CC2C=CC1C2O. The molecule has 1 N–H and O–H groups in total. The maximum Gasteiger partial charge on any atom is 0.311 e. The fourth-order valence-electron chi connectivity index (χ4n) is 2.38. The monoisotopic (exact) mass is 212 g/mol. The van der Waals surface area contributed by atoms with Crippen molar-refractivity contribution < 1.29 is 19.4 Å². The molecule has 2 aliphatic carbocycles. The van der Waals surface area contributed by atoms with Crippen LogP contribution in [-0.4, -0.2) is 30.6 Å². The van der Waals surface area contributed by atoms with Crippen molar-refractivity contribution in [2.75, 3.05) is 7.11 Å². The van der Waals surface area contributed by atoms with Crippen molar-refractivity contribution in [1.82, 2.24) is 0 Å². The second-order valence-electron chi connectivity index (χ2n) is 4.20. The van der Waals surface area contributed by atoms with Gasteiger partial charge in [0.2, 0.25) is 0 Å². The molecular formula is C11H16O4. The zero-order valence-corrected chi connectivity index (χ0v) is 8.92. The Kier molecular flexibility index (Phi) is 2.80. The van der Waals surface area contributed by atoms with E-state index in [1.807, 2.05) is 12.2 Å². The Bertz CT molecular complexity index is 286. The van der Waals surface area contributed by atoms with Gasteiger partial charge in [-0.3, -0.25) is 4.79 Å². The second kappa shape index (κ2) is 3.94. The summed E-state index contributed by atoms with van der Waals surface area (Å²) in [6.07, 6.45) is 3.68. The molecule has 2 bridgehead atoms. The Morgan fingerprint density at radius 1 is 1.53 bits per heavy atom. The lowest BCUT2D eigenvalue weighted by Gasteiger charge is -2.19. The highest BCUT2D eigenvalue weighted by atomic mass is 16.7. The van der Waals surface area contributed by atoms with Crippen LogP contribution in [0.3, 0.4) is 0 Å². The van der Waals surface area contributed by atoms with Crippen LogP contribution in [-0.2, 0) is 14.3 Å². The van der Waals surface area contributed by atoms with Crippen LogP contribution in [0.15, 0.2) is 12.2 Å². The van der Waals surface area contributed by atoms with Crippen LogP contribution in [0.4, 0.5) is 0 Å². The van der Waals surface area contributed by atoms with E-state index in [0.717, 1.165) is 0 Å². The van der Waals surface area contributed by atoms with E-state index >= 15 is 0 Å². The number of hydrogen-bond donors (Lipinski definition) is 1. The smallest absolute Gasteiger partial charge is 0.311 e. The van der Waals surface area contributed by atoms with Gasteiger partial charge in [-0.2, -0.15) is 0 Å². The molecule has 0 amide bonds. The molecule has 0 heterocycles. The van der Waals surface area contributed by atoms with E-state index in [0.29, 0.717) is 6.42 Å². The lowest BCUT2D eigenvalue weighted by Crippen LogP contribution is -2.27. The Morgan fingerprint density at radius 2 is 2.27 bits per heavy atom. The summed E-state index contributed by atoms with van der Waals surface area (Å²) in [4.78, 5) is 11.7. The summed E-state index contributed by atoms with van der Waals surface area (Å²) < 4.78 is 9.94. The summed E-state index contributed by atoms with van der Waals surface area (Å²) in [6.45, 7) is 1.68. The van der Waals surface area contributed by atoms with Gasteiger partial charge in [-0.25, -0.2) is 0 Å². The molecule has 2 rings (SSSR count). The molecule has 1 saturated carbocycles. The number of methoxy groups -OCH3 is 1. The van der Waals surface area contributed by atoms with Crippen molar-refractivity contribution >= 4 is 5.97 Å². The number of fused-ring (bicyclic) bond motifs is 2. The molecule has 2 aliphatic rings. The van der Waals surface area contributed by atoms with Gasteiger partial charge in [-0.1, -0.05) is 12.2 Å². The minimum atomic E-state index is -0.516. The average Bonchev–Trinajstić information content (AvgIpc) is 2.74. The van der Waals surface area contributed by atoms with E-state index in [4.69, 9.17) is 9.47 Å². The Labute approximate surface area is 88.9 Å². The van der Waals surface area contributed by atoms with Crippen molar-refractivity contribution in [3.63, 3.8) is 0 Å². The van der Waals surface area contributed by atoms with Crippen LogP contribution in [0.2, 0.25) is 0 Å². The largest absolute Gasteiger partial charge is 0.436 e. The van der Waals surface area contributed by atoms with E-state index in [9.17, 15) is 9.90 Å². The van der Waals surface area contributed by atoms with Crippen LogP contribution in [0.25, 0.3) is 0 Å². The van der Waals surface area contributed by atoms with Crippen LogP contribution in [0, 0.1) is 17.8 Å². The standard InChI is InChI=1S/C11H16O4/c1-6(14-2)15-11(13)9-5-7-3-4-8(9)10(7)12/h3-4,6-10,12H,5H2,1-2H3. The number of hydrogen-bond acceptors (Lipinski definition) is 4. The Hall–Kier alpha value is -0.870. The summed E-state index contributed by atoms with van der Waals surface area (Å²) in [6, 6.07) is 0. The molecule has 5 unspecified atom stereocenters. The van der Waals surface area contributed by atoms with Gasteiger partial charge in [0.25, 0.3) is 0 Å². The number of carbonyl (C=O) groups excluding carboxylic acids is 1. The number of ether oxygens (including phenoxy) is 2. The predicted molar refractivity (Wildman–Crippen MR) is 52.8 cm³/mol. The van der Waals surface area contributed by atoms with Crippen LogP contribution in [0.1, 0.15) is 13.3 Å². The van der Waals surface area contributed by atoms with Gasteiger partial charge < -0.3 is 14.6 Å². The molecule has 0 aromatic heterocycles. The highest BCUT2D eigenvalue weighted by Gasteiger charge is 2.47. The lowest BCUT2D eigenvalue weighted by molar-refractivity contribution is -0.175. The second-order valence-corrected chi connectivity index (χ2v) is 4.20. The fraction of sp³-hybridized carbons (Fsp3) is 0.727. The van der Waals surface area contributed by atoms with Crippen molar-refractivity contribution in [3.8, 4) is 0 Å². The summed E-state index contributed by atoms with van der Waals surface area (Å²) in [5.74, 6) is -0.398. The first-order valence-corrected chi connectivity index (χ1v) is 5.23. The van der Waals surface area contributed by atoms with Crippen LogP contribution >= 0.6 is 0 Å². The van der Waals surface area contributed by atoms with Crippen molar-refractivity contribution in [2.24, 2.45) is 17.8 Å². The van der Waals surface area contributed by atoms with E-state index in [1.165, 1.54) is 7.11 Å². The molecule has 0 aromatic carbocycles. The van der Waals surface area contributed by atoms with E-state index in [2.05, 4.69) is 0 Å². The van der Waals surface area contributed by atoms with Crippen LogP contribution < -0.4 is 0 Å². The first kappa shape index (κ1) is 10.6. The lowest BCUT2D eigenvalue weighted by atomic mass is 9.94. The number of aliphatic hydroxyl groups is 1. The third kappa shape index (κ3) is 1.79. The maximum absolute atomic E-state index is 11.7. The van der Waals surface area contributed by atoms with Gasteiger partial charge in [-0.15, -0.1) is 0 Å². The zero-order valence-electron chi connectivity index (χ0n) is 8.92. The molecule has 4 nitrogen and oxygen atoms in total. The van der Waals surface area contributed by atoms with Crippen LogP contribution in [0.5, 0.6) is 0 Å². The number of rotatable bonds is 3. The molecule has 84 valence electrons. The Morgan fingerprint density at radius 3 is 2.73 bits per heavy atom. The summed E-state index contributed by atoms with van der Waals surface area (Å²) in [5, 5.41) is 9.74. The molecule has 0 spiro atoms. The van der Waals surface area contributed by atoms with Gasteiger partial charge in [-0.05, 0) is 13.3 Å². The summed E-state index contributed by atoms with van der Waals surface area (Å²) in [7, 11) is 1.49. The zero-order chi connectivity index (χ0) is 11.0. The summed E-state index contributed by atoms with van der Waals surface area (Å²) >= 11 is 0. The van der Waals surface area contributed by atoms with Gasteiger partial charge >= 0.3 is 5.97 Å². The first-order chi connectivity index (χ1) is 7.13. The van der Waals surface area contributed by atoms with Gasteiger partial charge in [0, 0.05) is 18.9 Å². The number of carbonyl (C=O) groups is 1. The van der Waals surface area contributed by atoms with Gasteiger partial charge in [0.1, 0.15) is 0 Å². The molecule has 5 atom stereocenters. The maximum atomic E-state index is 11.7. The molecular weight excluding hydrogens is 196 g/mol. The number of esters is 1. The molecule has 0 saturated heterocycles. The van der Waals surface area contributed by atoms with Crippen molar-refractivity contribution in [2.45, 2.75) is 25.7 Å². The van der Waals surface area contributed by atoms with Gasteiger partial charge in [0.15, 0.2) is 6.29 Å². The first-order valence-electron chi connectivity index (χ1n) is 5.23. The van der Waals surface area contributed by atoms with E-state index in [1.54, 1.807) is 6.92 Å². The third-order valence-electron chi connectivity index (χ3n) is 3.32. The minimum Gasteiger partial charge on any atom is -0.436 e. The Balaban J connectivity index is 1.96. The molecule has 1 fully saturated rings. The van der Waals surface area contributed by atoms with E-state index in [-0.39, 0.29) is 23.7 Å². The molecule has 15 heavy (non-hydrogen) atoms. The quantitative estimate of drug-likeness (QED) is 0.425. The molecule has 0 aliphatic heterocycles. The molecule has 0 aromatic rings. The predicted octanol–water partition coefficient (Wildman–Crippen LogP) is 0.705. The van der Waals surface area contributed by atoms with E-state index < -0.39 is 12.4 Å². The average molecular weight is 212 g/mol. The highest BCUT2D eigenvalue weighted by Crippen LogP contribution is 2.44. The third-order valence-corrected chi connectivity index (χ3v) is 3.32. The fourth-order valence-corrected chi connectivity index (χ4v) is 2.38. The van der Waals surface area contributed by atoms with Gasteiger partial charge in [0.05, 0.1) is 12.0 Å². The molecule has 4 heteroatoms. The minimum absolute atomic E-state index is 0.0634. The van der Waals surface area contributed by atoms with Crippen molar-refractivity contribution in [1.29, 1.82) is 0 Å². The summed E-state index contributed by atoms with van der Waals surface area (Å²) in [5.41, 5.74) is 0. The normalized spacial score (nSPS) is 39.4. The molecule has 0 radical (unpaired) electrons. The number of aliphatic hydroxyl groups excluding tert-OH is 1.